The molecular formula is C11H22N2O2. The fourth-order valence-corrected chi connectivity index (χ4v) is 2.17. The molecule has 2 unspecified atom stereocenters. The SMILES string of the molecule is COC(CN)C(=O)NC1CCCC1(C)C. The van der Waals surface area contributed by atoms with E-state index in [-0.39, 0.29) is 23.9 Å². The maximum Gasteiger partial charge on any atom is 0.250 e. The molecule has 0 aromatic rings. The van der Waals surface area contributed by atoms with Crippen LogP contribution in [0.5, 0.6) is 0 Å². The lowest BCUT2D eigenvalue weighted by Gasteiger charge is -2.29. The largest absolute Gasteiger partial charge is 0.370 e. The van der Waals surface area contributed by atoms with Crippen molar-refractivity contribution in [1.29, 1.82) is 0 Å². The van der Waals surface area contributed by atoms with Gasteiger partial charge in [0.05, 0.1) is 0 Å². The Hall–Kier alpha value is -0.610. The number of hydrogen-bond acceptors (Lipinski definition) is 3. The normalized spacial score (nSPS) is 26.3. The van der Waals surface area contributed by atoms with Gasteiger partial charge in [0.2, 0.25) is 0 Å². The summed E-state index contributed by atoms with van der Waals surface area (Å²) in [6, 6.07) is 0.259. The van der Waals surface area contributed by atoms with Crippen LogP contribution in [0.1, 0.15) is 33.1 Å². The summed E-state index contributed by atoms with van der Waals surface area (Å²) in [7, 11) is 1.51. The van der Waals surface area contributed by atoms with E-state index >= 15 is 0 Å². The van der Waals surface area contributed by atoms with E-state index < -0.39 is 6.10 Å². The number of nitrogens with one attached hydrogen (secondary N) is 1. The van der Waals surface area contributed by atoms with Gasteiger partial charge in [-0.1, -0.05) is 20.3 Å². The molecule has 1 fully saturated rings. The van der Waals surface area contributed by atoms with Crippen molar-refractivity contribution in [1.82, 2.24) is 5.32 Å². The van der Waals surface area contributed by atoms with Crippen molar-refractivity contribution in [3.8, 4) is 0 Å². The lowest BCUT2D eigenvalue weighted by atomic mass is 9.87. The molecule has 1 saturated carbocycles. The zero-order valence-corrected chi connectivity index (χ0v) is 9.88. The number of rotatable bonds is 4. The summed E-state index contributed by atoms with van der Waals surface area (Å²) in [4.78, 5) is 11.7. The van der Waals surface area contributed by atoms with Gasteiger partial charge in [0.1, 0.15) is 6.10 Å². The molecule has 0 spiro atoms. The van der Waals surface area contributed by atoms with Crippen molar-refractivity contribution < 1.29 is 9.53 Å². The number of carbonyl (C=O) groups excluding carboxylic acids is 1. The van der Waals surface area contributed by atoms with Gasteiger partial charge in [-0.3, -0.25) is 4.79 Å². The summed E-state index contributed by atoms with van der Waals surface area (Å²) >= 11 is 0. The first kappa shape index (κ1) is 12.5. The Morgan fingerprint density at radius 1 is 1.67 bits per heavy atom. The van der Waals surface area contributed by atoms with Crippen LogP contribution in [0.4, 0.5) is 0 Å². The third-order valence-electron chi connectivity index (χ3n) is 3.36. The summed E-state index contributed by atoms with van der Waals surface area (Å²) in [5, 5.41) is 3.03. The molecule has 3 N–H and O–H groups in total. The standard InChI is InChI=1S/C11H22N2O2/c1-11(2)6-4-5-9(11)13-10(14)8(7-12)15-3/h8-9H,4-7,12H2,1-3H3,(H,13,14). The first-order valence-electron chi connectivity index (χ1n) is 5.54. The summed E-state index contributed by atoms with van der Waals surface area (Å²) < 4.78 is 5.00. The van der Waals surface area contributed by atoms with Crippen LogP contribution in [0.25, 0.3) is 0 Å². The molecule has 0 aromatic carbocycles. The molecule has 1 amide bonds. The van der Waals surface area contributed by atoms with Crippen LogP contribution in [0.3, 0.4) is 0 Å². The van der Waals surface area contributed by atoms with Gasteiger partial charge in [-0.15, -0.1) is 0 Å². The second-order valence-electron chi connectivity index (χ2n) is 4.90. The first-order valence-corrected chi connectivity index (χ1v) is 5.54. The minimum atomic E-state index is -0.513. The minimum absolute atomic E-state index is 0.0834. The second-order valence-corrected chi connectivity index (χ2v) is 4.90. The highest BCUT2D eigenvalue weighted by atomic mass is 16.5. The van der Waals surface area contributed by atoms with Gasteiger partial charge in [-0.2, -0.15) is 0 Å². The van der Waals surface area contributed by atoms with E-state index in [2.05, 4.69) is 19.2 Å². The van der Waals surface area contributed by atoms with Gasteiger partial charge in [0.25, 0.3) is 5.91 Å². The maximum atomic E-state index is 11.7. The van der Waals surface area contributed by atoms with Crippen molar-refractivity contribution in [3.63, 3.8) is 0 Å². The van der Waals surface area contributed by atoms with Crippen LogP contribution in [0.15, 0.2) is 0 Å². The van der Waals surface area contributed by atoms with Gasteiger partial charge in [0, 0.05) is 19.7 Å². The predicted molar refractivity (Wildman–Crippen MR) is 59.4 cm³/mol. The molecule has 88 valence electrons. The molecule has 4 nitrogen and oxygen atoms in total. The maximum absolute atomic E-state index is 11.7. The Bertz CT molecular complexity index is 225. The van der Waals surface area contributed by atoms with E-state index in [0.717, 1.165) is 12.8 Å². The number of amides is 1. The lowest BCUT2D eigenvalue weighted by molar-refractivity contribution is -0.131. The van der Waals surface area contributed by atoms with Crippen LogP contribution in [0, 0.1) is 5.41 Å². The number of methoxy groups -OCH3 is 1. The summed E-state index contributed by atoms with van der Waals surface area (Å²) in [5.41, 5.74) is 5.64. The van der Waals surface area contributed by atoms with E-state index in [1.54, 1.807) is 0 Å². The van der Waals surface area contributed by atoms with Crippen LogP contribution in [0.2, 0.25) is 0 Å². The highest BCUT2D eigenvalue weighted by Gasteiger charge is 2.36. The van der Waals surface area contributed by atoms with E-state index in [1.165, 1.54) is 13.5 Å². The van der Waals surface area contributed by atoms with Crippen LogP contribution < -0.4 is 11.1 Å². The number of hydrogen-bond donors (Lipinski definition) is 2. The highest BCUT2D eigenvalue weighted by Crippen LogP contribution is 2.37. The number of carbonyl (C=O) groups is 1. The fraction of sp³-hybridized carbons (Fsp3) is 0.909. The Kier molecular flexibility index (Phi) is 4.11. The minimum Gasteiger partial charge on any atom is -0.370 e. The van der Waals surface area contributed by atoms with E-state index in [9.17, 15) is 4.79 Å². The molecule has 1 aliphatic rings. The molecule has 0 radical (unpaired) electrons. The molecule has 4 heteroatoms. The Labute approximate surface area is 91.5 Å². The van der Waals surface area contributed by atoms with Crippen LogP contribution in [-0.2, 0) is 9.53 Å². The van der Waals surface area contributed by atoms with Crippen molar-refractivity contribution >= 4 is 5.91 Å². The Balaban J connectivity index is 2.51. The zero-order valence-electron chi connectivity index (χ0n) is 9.88. The van der Waals surface area contributed by atoms with E-state index in [1.807, 2.05) is 0 Å². The summed E-state index contributed by atoms with van der Waals surface area (Å²) in [6.45, 7) is 4.61. The molecule has 0 aromatic heterocycles. The zero-order chi connectivity index (χ0) is 11.5. The van der Waals surface area contributed by atoms with Gasteiger partial charge in [0.15, 0.2) is 0 Å². The molecule has 0 saturated heterocycles. The van der Waals surface area contributed by atoms with Crippen molar-refractivity contribution in [3.05, 3.63) is 0 Å². The monoisotopic (exact) mass is 214 g/mol. The summed E-state index contributed by atoms with van der Waals surface area (Å²) in [6.07, 6.45) is 2.89. The topological polar surface area (TPSA) is 64.3 Å². The predicted octanol–water partition coefficient (Wildman–Crippen LogP) is 0.655. The quantitative estimate of drug-likeness (QED) is 0.722. The Morgan fingerprint density at radius 2 is 2.33 bits per heavy atom. The van der Waals surface area contributed by atoms with Crippen LogP contribution >= 0.6 is 0 Å². The van der Waals surface area contributed by atoms with Gasteiger partial charge in [-0.25, -0.2) is 0 Å². The van der Waals surface area contributed by atoms with Crippen molar-refractivity contribution in [2.75, 3.05) is 13.7 Å². The van der Waals surface area contributed by atoms with E-state index in [4.69, 9.17) is 10.5 Å². The van der Waals surface area contributed by atoms with Gasteiger partial charge < -0.3 is 15.8 Å². The second kappa shape index (κ2) is 4.94. The average Bonchev–Trinajstić information content (AvgIpc) is 2.48. The highest BCUT2D eigenvalue weighted by molar-refractivity contribution is 5.81. The summed E-state index contributed by atoms with van der Waals surface area (Å²) in [5.74, 6) is -0.0834. The molecule has 0 bridgehead atoms. The molecular weight excluding hydrogens is 192 g/mol. The molecule has 1 rings (SSSR count). The molecule has 0 aliphatic heterocycles. The van der Waals surface area contributed by atoms with Crippen LogP contribution in [-0.4, -0.2) is 31.7 Å². The van der Waals surface area contributed by atoms with Gasteiger partial charge in [-0.05, 0) is 18.3 Å². The van der Waals surface area contributed by atoms with Gasteiger partial charge >= 0.3 is 0 Å². The molecule has 0 heterocycles. The lowest BCUT2D eigenvalue weighted by Crippen LogP contribution is -2.48. The molecule has 1 aliphatic carbocycles. The first-order chi connectivity index (χ1) is 7.01. The smallest absolute Gasteiger partial charge is 0.250 e. The average molecular weight is 214 g/mol. The Morgan fingerprint density at radius 3 is 2.73 bits per heavy atom. The molecule has 15 heavy (non-hydrogen) atoms. The number of ether oxygens (including phenoxy) is 1. The fourth-order valence-electron chi connectivity index (χ4n) is 2.17. The number of nitrogens with two attached hydrogens (primary N) is 1. The third kappa shape index (κ3) is 2.92. The van der Waals surface area contributed by atoms with Crippen molar-refractivity contribution in [2.24, 2.45) is 11.1 Å². The van der Waals surface area contributed by atoms with Crippen molar-refractivity contribution in [2.45, 2.75) is 45.3 Å². The van der Waals surface area contributed by atoms with E-state index in [0.29, 0.717) is 0 Å². The molecule has 2 atom stereocenters. The third-order valence-corrected chi connectivity index (χ3v) is 3.36.